The van der Waals surface area contributed by atoms with Gasteiger partial charge in [0.25, 0.3) is 0 Å². The Balaban J connectivity index is 2.93. The van der Waals surface area contributed by atoms with E-state index in [-0.39, 0.29) is 6.61 Å². The molecule has 108 valence electrons. The second kappa shape index (κ2) is 6.27. The van der Waals surface area contributed by atoms with Crippen molar-refractivity contribution in [2.24, 2.45) is 0 Å². The van der Waals surface area contributed by atoms with Gasteiger partial charge >= 0.3 is 0 Å². The van der Waals surface area contributed by atoms with E-state index in [4.69, 9.17) is 18.9 Å². The van der Waals surface area contributed by atoms with Crippen LogP contribution in [0.15, 0.2) is 0 Å². The van der Waals surface area contributed by atoms with Gasteiger partial charge in [-0.2, -0.15) is 0 Å². The summed E-state index contributed by atoms with van der Waals surface area (Å²) in [5.41, 5.74) is -0.421. The van der Waals surface area contributed by atoms with Crippen LogP contribution in [0.5, 0.6) is 0 Å². The lowest BCUT2D eigenvalue weighted by molar-refractivity contribution is -0.314. The molecule has 1 fully saturated rings. The fourth-order valence-corrected chi connectivity index (χ4v) is 2.12. The predicted molar refractivity (Wildman–Crippen MR) is 64.2 cm³/mol. The zero-order valence-electron chi connectivity index (χ0n) is 11.6. The Hall–Kier alpha value is -0.240. The van der Waals surface area contributed by atoms with Crippen molar-refractivity contribution in [1.29, 1.82) is 0 Å². The molecule has 6 heteroatoms. The van der Waals surface area contributed by atoms with Crippen LogP contribution in [0.25, 0.3) is 0 Å². The maximum atomic E-state index is 9.86. The molecule has 1 rings (SSSR count). The van der Waals surface area contributed by atoms with Crippen LogP contribution >= 0.6 is 0 Å². The molecule has 0 bridgehead atoms. The SMILES string of the molecule is COC1C(OC(C)(C)C)[C@H](OC)C(CO)O[C@H]1O. The molecule has 1 heterocycles. The zero-order valence-corrected chi connectivity index (χ0v) is 11.6. The quantitative estimate of drug-likeness (QED) is 0.739. The van der Waals surface area contributed by atoms with Gasteiger partial charge in [0, 0.05) is 14.2 Å². The highest BCUT2D eigenvalue weighted by molar-refractivity contribution is 4.92. The Morgan fingerprint density at radius 2 is 1.61 bits per heavy atom. The number of ether oxygens (including phenoxy) is 4. The largest absolute Gasteiger partial charge is 0.394 e. The molecule has 0 amide bonds. The van der Waals surface area contributed by atoms with Crippen molar-refractivity contribution >= 4 is 0 Å². The molecule has 3 unspecified atom stereocenters. The summed E-state index contributed by atoms with van der Waals surface area (Å²) in [5.74, 6) is 0. The van der Waals surface area contributed by atoms with Gasteiger partial charge in [0.2, 0.25) is 0 Å². The molecule has 1 saturated heterocycles. The van der Waals surface area contributed by atoms with E-state index in [2.05, 4.69) is 0 Å². The number of aliphatic hydroxyl groups excluding tert-OH is 2. The van der Waals surface area contributed by atoms with Crippen LogP contribution < -0.4 is 0 Å². The van der Waals surface area contributed by atoms with Crippen molar-refractivity contribution in [3.8, 4) is 0 Å². The molecule has 1 aliphatic heterocycles. The van der Waals surface area contributed by atoms with Gasteiger partial charge in [0.1, 0.15) is 24.4 Å². The zero-order chi connectivity index (χ0) is 13.9. The first kappa shape index (κ1) is 15.8. The summed E-state index contributed by atoms with van der Waals surface area (Å²) in [6, 6.07) is 0. The van der Waals surface area contributed by atoms with Crippen LogP contribution in [-0.2, 0) is 18.9 Å². The highest BCUT2D eigenvalue weighted by Crippen LogP contribution is 2.29. The monoisotopic (exact) mass is 264 g/mol. The van der Waals surface area contributed by atoms with E-state index in [1.165, 1.54) is 14.2 Å². The molecule has 0 radical (unpaired) electrons. The minimum Gasteiger partial charge on any atom is -0.394 e. The first-order valence-corrected chi connectivity index (χ1v) is 6.02. The molecule has 6 nitrogen and oxygen atoms in total. The fourth-order valence-electron chi connectivity index (χ4n) is 2.12. The minimum atomic E-state index is -1.15. The summed E-state index contributed by atoms with van der Waals surface area (Å²) < 4.78 is 21.7. The average Bonchev–Trinajstić information content (AvgIpc) is 2.26. The Kier molecular flexibility index (Phi) is 5.51. The van der Waals surface area contributed by atoms with Crippen molar-refractivity contribution in [2.75, 3.05) is 20.8 Å². The third-order valence-electron chi connectivity index (χ3n) is 2.82. The van der Waals surface area contributed by atoms with Crippen molar-refractivity contribution in [3.05, 3.63) is 0 Å². The summed E-state index contributed by atoms with van der Waals surface area (Å²) in [7, 11) is 2.99. The van der Waals surface area contributed by atoms with E-state index in [0.717, 1.165) is 0 Å². The standard InChI is InChI=1S/C12H24O6/c1-12(2,3)18-9-8(15-4)7(6-13)17-11(14)10(9)16-5/h7-11,13-14H,6H2,1-5H3/t7?,8-,9?,10?,11-/m1/s1. The number of hydrogen-bond donors (Lipinski definition) is 2. The van der Waals surface area contributed by atoms with Crippen LogP contribution in [0.2, 0.25) is 0 Å². The van der Waals surface area contributed by atoms with Gasteiger partial charge in [-0.05, 0) is 20.8 Å². The summed E-state index contributed by atoms with van der Waals surface area (Å²) in [5, 5.41) is 19.1. The predicted octanol–water partition coefficient (Wildman–Crippen LogP) is -0.0904. The van der Waals surface area contributed by atoms with Crippen LogP contribution in [0.1, 0.15) is 20.8 Å². The topological polar surface area (TPSA) is 77.4 Å². The second-order valence-electron chi connectivity index (χ2n) is 5.34. The fraction of sp³-hybridized carbons (Fsp3) is 1.00. The van der Waals surface area contributed by atoms with Crippen LogP contribution in [-0.4, -0.2) is 67.3 Å². The van der Waals surface area contributed by atoms with E-state index >= 15 is 0 Å². The van der Waals surface area contributed by atoms with E-state index < -0.39 is 36.3 Å². The Labute approximate surface area is 108 Å². The molecule has 1 aliphatic rings. The number of hydrogen-bond acceptors (Lipinski definition) is 6. The smallest absolute Gasteiger partial charge is 0.184 e. The normalized spacial score (nSPS) is 37.8. The first-order valence-electron chi connectivity index (χ1n) is 6.02. The Morgan fingerprint density at radius 3 is 2.00 bits per heavy atom. The first-order chi connectivity index (χ1) is 8.34. The third-order valence-corrected chi connectivity index (χ3v) is 2.82. The highest BCUT2D eigenvalue weighted by atomic mass is 16.7. The number of rotatable bonds is 4. The molecule has 18 heavy (non-hydrogen) atoms. The van der Waals surface area contributed by atoms with Crippen molar-refractivity contribution in [1.82, 2.24) is 0 Å². The molecule has 0 spiro atoms. The van der Waals surface area contributed by atoms with E-state index in [1.807, 2.05) is 20.8 Å². The van der Waals surface area contributed by atoms with Crippen LogP contribution in [0.4, 0.5) is 0 Å². The lowest BCUT2D eigenvalue weighted by Crippen LogP contribution is -2.61. The maximum absolute atomic E-state index is 9.86. The lowest BCUT2D eigenvalue weighted by Gasteiger charge is -2.45. The highest BCUT2D eigenvalue weighted by Gasteiger charge is 2.47. The second-order valence-corrected chi connectivity index (χ2v) is 5.34. The minimum absolute atomic E-state index is 0.254. The van der Waals surface area contributed by atoms with Crippen molar-refractivity contribution < 1.29 is 29.2 Å². The van der Waals surface area contributed by atoms with Gasteiger partial charge in [-0.3, -0.25) is 0 Å². The summed E-state index contributed by atoms with van der Waals surface area (Å²) in [4.78, 5) is 0. The molecule has 0 aromatic rings. The van der Waals surface area contributed by atoms with Crippen LogP contribution in [0, 0.1) is 0 Å². The van der Waals surface area contributed by atoms with E-state index in [9.17, 15) is 10.2 Å². The average molecular weight is 264 g/mol. The molecule has 0 aromatic heterocycles. The van der Waals surface area contributed by atoms with Crippen molar-refractivity contribution in [3.63, 3.8) is 0 Å². The number of aliphatic hydroxyl groups is 2. The molecule has 0 saturated carbocycles. The van der Waals surface area contributed by atoms with E-state index in [0.29, 0.717) is 0 Å². The van der Waals surface area contributed by atoms with Gasteiger partial charge < -0.3 is 29.2 Å². The summed E-state index contributed by atoms with van der Waals surface area (Å²) in [6.45, 7) is 5.46. The third kappa shape index (κ3) is 3.63. The van der Waals surface area contributed by atoms with Gasteiger partial charge in [-0.1, -0.05) is 0 Å². The Bertz CT molecular complexity index is 251. The molecular formula is C12H24O6. The van der Waals surface area contributed by atoms with Crippen molar-refractivity contribution in [2.45, 2.75) is 57.1 Å². The molecule has 5 atom stereocenters. The molecule has 0 aromatic carbocycles. The van der Waals surface area contributed by atoms with Gasteiger partial charge in [-0.15, -0.1) is 0 Å². The van der Waals surface area contributed by atoms with Gasteiger partial charge in [0.05, 0.1) is 12.2 Å². The molecular weight excluding hydrogens is 240 g/mol. The lowest BCUT2D eigenvalue weighted by atomic mass is 9.97. The van der Waals surface area contributed by atoms with E-state index in [1.54, 1.807) is 0 Å². The Morgan fingerprint density at radius 1 is 1.06 bits per heavy atom. The summed E-state index contributed by atoms with van der Waals surface area (Å²) >= 11 is 0. The van der Waals surface area contributed by atoms with Gasteiger partial charge in [-0.25, -0.2) is 0 Å². The summed E-state index contributed by atoms with van der Waals surface area (Å²) in [6.07, 6.45) is -3.45. The van der Waals surface area contributed by atoms with Crippen LogP contribution in [0.3, 0.4) is 0 Å². The number of methoxy groups -OCH3 is 2. The molecule has 0 aliphatic carbocycles. The maximum Gasteiger partial charge on any atom is 0.184 e. The molecule has 2 N–H and O–H groups in total. The van der Waals surface area contributed by atoms with Gasteiger partial charge in [0.15, 0.2) is 6.29 Å².